The molecule has 2 amide bonds. The fraction of sp³-hybridized carbons (Fsp3) is 0.250. The van der Waals surface area contributed by atoms with Crippen LogP contribution in [0.25, 0.3) is 0 Å². The highest BCUT2D eigenvalue weighted by atomic mass is 32.2. The van der Waals surface area contributed by atoms with Gasteiger partial charge in [-0.05, 0) is 30.2 Å². The molecule has 0 unspecified atom stereocenters. The number of esters is 1. The van der Waals surface area contributed by atoms with E-state index in [2.05, 4.69) is 5.32 Å². The number of fused-ring (bicyclic) bond motifs is 1. The molecular weight excluding hydrogens is 364 g/mol. The molecule has 1 aliphatic heterocycles. The average Bonchev–Trinajstić information content (AvgIpc) is 3.14. The van der Waals surface area contributed by atoms with Gasteiger partial charge in [-0.15, -0.1) is 11.8 Å². The molecule has 1 aliphatic rings. The second-order valence-electron chi connectivity index (χ2n) is 5.96. The molecule has 0 fully saturated rings. The summed E-state index contributed by atoms with van der Waals surface area (Å²) in [5.41, 5.74) is 2.48. The minimum atomic E-state index is -0.583. The van der Waals surface area contributed by atoms with Crippen molar-refractivity contribution in [2.75, 3.05) is 30.9 Å². The molecule has 0 radical (unpaired) electrons. The molecule has 27 heavy (non-hydrogen) atoms. The maximum Gasteiger partial charge on any atom is 0.339 e. The summed E-state index contributed by atoms with van der Waals surface area (Å²) >= 11 is 1.29. The number of likely N-dealkylation sites (N-methyl/N-ethyl adjacent to an activating group) is 1. The Labute approximate surface area is 161 Å². The lowest BCUT2D eigenvalue weighted by atomic mass is 10.2. The quantitative estimate of drug-likeness (QED) is 0.611. The van der Waals surface area contributed by atoms with Crippen molar-refractivity contribution in [3.05, 3.63) is 59.7 Å². The number of para-hydroxylation sites is 1. The standard InChI is InChI=1S/C20H20N2O4S/c1-21-18(23)12-26-20(25)15-7-3-5-9-17(15)27-13-19(24)22-11-10-14-6-2-4-8-16(14)22/h2-9H,10-13H2,1H3,(H,21,23). The number of nitrogens with zero attached hydrogens (tertiary/aromatic N) is 1. The van der Waals surface area contributed by atoms with Gasteiger partial charge >= 0.3 is 5.97 Å². The first-order valence-corrected chi connectivity index (χ1v) is 9.56. The molecule has 7 heteroatoms. The summed E-state index contributed by atoms with van der Waals surface area (Å²) in [5.74, 6) is -0.746. The lowest BCUT2D eigenvalue weighted by Crippen LogP contribution is -2.30. The SMILES string of the molecule is CNC(=O)COC(=O)c1ccccc1SCC(=O)N1CCc2ccccc21. The first kappa shape index (κ1) is 19.0. The first-order chi connectivity index (χ1) is 13.1. The van der Waals surface area contributed by atoms with Crippen LogP contribution in [-0.4, -0.2) is 43.7 Å². The fourth-order valence-corrected chi connectivity index (χ4v) is 3.77. The number of anilines is 1. The minimum absolute atomic E-state index is 0.00141. The number of carbonyl (C=O) groups excluding carboxylic acids is 3. The first-order valence-electron chi connectivity index (χ1n) is 8.58. The maximum absolute atomic E-state index is 12.7. The van der Waals surface area contributed by atoms with E-state index in [0.717, 1.165) is 12.1 Å². The van der Waals surface area contributed by atoms with Crippen molar-refractivity contribution in [1.82, 2.24) is 5.32 Å². The molecule has 3 rings (SSSR count). The van der Waals surface area contributed by atoms with E-state index in [4.69, 9.17) is 4.74 Å². The molecule has 2 aromatic rings. The van der Waals surface area contributed by atoms with Gasteiger partial charge in [0.2, 0.25) is 5.91 Å². The third-order valence-corrected chi connectivity index (χ3v) is 5.32. The fourth-order valence-electron chi connectivity index (χ4n) is 2.86. The van der Waals surface area contributed by atoms with E-state index in [-0.39, 0.29) is 24.2 Å². The van der Waals surface area contributed by atoms with Gasteiger partial charge in [-0.25, -0.2) is 4.79 Å². The van der Waals surface area contributed by atoms with Gasteiger partial charge in [0.15, 0.2) is 6.61 Å². The maximum atomic E-state index is 12.7. The Morgan fingerprint density at radius 3 is 2.67 bits per heavy atom. The zero-order valence-electron chi connectivity index (χ0n) is 14.9. The Balaban J connectivity index is 1.64. The highest BCUT2D eigenvalue weighted by Crippen LogP contribution is 2.29. The van der Waals surface area contributed by atoms with E-state index in [1.54, 1.807) is 29.2 Å². The third kappa shape index (κ3) is 4.49. The lowest BCUT2D eigenvalue weighted by Gasteiger charge is -2.17. The number of hydrogen-bond donors (Lipinski definition) is 1. The third-order valence-electron chi connectivity index (χ3n) is 4.26. The summed E-state index contributed by atoms with van der Waals surface area (Å²) in [5, 5.41) is 2.39. The molecular formula is C20H20N2O4S. The molecule has 2 aromatic carbocycles. The molecule has 1 N–H and O–H groups in total. The van der Waals surface area contributed by atoms with Crippen LogP contribution in [0.1, 0.15) is 15.9 Å². The Morgan fingerprint density at radius 1 is 1.11 bits per heavy atom. The van der Waals surface area contributed by atoms with Gasteiger partial charge in [-0.2, -0.15) is 0 Å². The molecule has 0 bridgehead atoms. The van der Waals surface area contributed by atoms with Crippen LogP contribution in [0.4, 0.5) is 5.69 Å². The molecule has 0 saturated heterocycles. The van der Waals surface area contributed by atoms with E-state index in [9.17, 15) is 14.4 Å². The summed E-state index contributed by atoms with van der Waals surface area (Å²) in [6, 6.07) is 14.8. The van der Waals surface area contributed by atoms with Gasteiger partial charge in [-0.3, -0.25) is 9.59 Å². The molecule has 0 spiro atoms. The van der Waals surface area contributed by atoms with E-state index in [1.165, 1.54) is 24.4 Å². The van der Waals surface area contributed by atoms with Crippen LogP contribution < -0.4 is 10.2 Å². The number of rotatable bonds is 6. The summed E-state index contributed by atoms with van der Waals surface area (Å²) in [7, 11) is 1.47. The van der Waals surface area contributed by atoms with E-state index < -0.39 is 5.97 Å². The monoisotopic (exact) mass is 384 g/mol. The van der Waals surface area contributed by atoms with Crippen molar-refractivity contribution in [3.8, 4) is 0 Å². The average molecular weight is 384 g/mol. The van der Waals surface area contributed by atoms with Crippen molar-refractivity contribution in [1.29, 1.82) is 0 Å². The Kier molecular flexibility index (Phi) is 6.13. The molecule has 1 heterocycles. The zero-order valence-corrected chi connectivity index (χ0v) is 15.8. The molecule has 6 nitrogen and oxygen atoms in total. The number of ether oxygens (including phenoxy) is 1. The van der Waals surface area contributed by atoms with Crippen LogP contribution in [-0.2, 0) is 20.7 Å². The Morgan fingerprint density at radius 2 is 1.85 bits per heavy atom. The lowest BCUT2D eigenvalue weighted by molar-refractivity contribution is -0.123. The largest absolute Gasteiger partial charge is 0.452 e. The van der Waals surface area contributed by atoms with Crippen molar-refractivity contribution in [2.24, 2.45) is 0 Å². The van der Waals surface area contributed by atoms with Gasteiger partial charge in [-0.1, -0.05) is 30.3 Å². The topological polar surface area (TPSA) is 75.7 Å². The van der Waals surface area contributed by atoms with Crippen LogP contribution >= 0.6 is 11.8 Å². The van der Waals surface area contributed by atoms with Crippen LogP contribution in [0.3, 0.4) is 0 Å². The van der Waals surface area contributed by atoms with E-state index in [0.29, 0.717) is 17.0 Å². The molecule has 0 atom stereocenters. The number of carbonyl (C=O) groups is 3. The summed E-state index contributed by atoms with van der Waals surface area (Å²) in [4.78, 5) is 38.6. The van der Waals surface area contributed by atoms with Crippen molar-refractivity contribution in [2.45, 2.75) is 11.3 Å². The molecule has 140 valence electrons. The normalized spacial score (nSPS) is 12.4. The molecule has 0 aromatic heterocycles. The summed E-state index contributed by atoms with van der Waals surface area (Å²) < 4.78 is 5.01. The summed E-state index contributed by atoms with van der Waals surface area (Å²) in [6.45, 7) is 0.340. The molecule has 0 aliphatic carbocycles. The summed E-state index contributed by atoms with van der Waals surface area (Å²) in [6.07, 6.45) is 0.856. The van der Waals surface area contributed by atoms with Gasteiger partial charge in [0.25, 0.3) is 5.91 Å². The van der Waals surface area contributed by atoms with Crippen LogP contribution in [0.15, 0.2) is 53.4 Å². The van der Waals surface area contributed by atoms with Crippen LogP contribution in [0, 0.1) is 0 Å². The predicted octanol–water partition coefficient (Wildman–Crippen LogP) is 2.27. The van der Waals surface area contributed by atoms with E-state index >= 15 is 0 Å². The number of amides is 2. The second kappa shape index (κ2) is 8.73. The zero-order chi connectivity index (χ0) is 19.2. The van der Waals surface area contributed by atoms with Crippen molar-refractivity contribution in [3.63, 3.8) is 0 Å². The second-order valence-corrected chi connectivity index (χ2v) is 6.98. The van der Waals surface area contributed by atoms with Crippen molar-refractivity contribution >= 4 is 35.2 Å². The number of benzene rings is 2. The van der Waals surface area contributed by atoms with Gasteiger partial charge in [0.1, 0.15) is 0 Å². The van der Waals surface area contributed by atoms with Gasteiger partial charge in [0.05, 0.1) is 11.3 Å². The number of thioether (sulfide) groups is 1. The van der Waals surface area contributed by atoms with Crippen molar-refractivity contribution < 1.29 is 19.1 Å². The van der Waals surface area contributed by atoms with Gasteiger partial charge in [0, 0.05) is 24.2 Å². The number of nitrogens with one attached hydrogen (secondary N) is 1. The van der Waals surface area contributed by atoms with Crippen LogP contribution in [0.2, 0.25) is 0 Å². The number of hydrogen-bond acceptors (Lipinski definition) is 5. The Bertz CT molecular complexity index is 869. The smallest absolute Gasteiger partial charge is 0.339 e. The van der Waals surface area contributed by atoms with Crippen LogP contribution in [0.5, 0.6) is 0 Å². The van der Waals surface area contributed by atoms with E-state index in [1.807, 2.05) is 24.3 Å². The predicted molar refractivity (Wildman–Crippen MR) is 104 cm³/mol. The minimum Gasteiger partial charge on any atom is -0.452 e. The van der Waals surface area contributed by atoms with Gasteiger partial charge < -0.3 is 15.0 Å². The highest BCUT2D eigenvalue weighted by molar-refractivity contribution is 8.00. The molecule has 0 saturated carbocycles. The Hall–Kier alpha value is -2.80. The highest BCUT2D eigenvalue weighted by Gasteiger charge is 2.24.